The van der Waals surface area contributed by atoms with Crippen LogP contribution in [0.4, 0.5) is 0 Å². The van der Waals surface area contributed by atoms with Crippen molar-refractivity contribution in [3.8, 4) is 0 Å². The van der Waals surface area contributed by atoms with E-state index in [0.29, 0.717) is 5.92 Å². The number of aromatic nitrogens is 2. The average molecular weight is 251 g/mol. The number of aryl methyl sites for hydroxylation is 2. The predicted octanol–water partition coefficient (Wildman–Crippen LogP) is 2.80. The van der Waals surface area contributed by atoms with E-state index in [1.54, 1.807) is 0 Å². The Morgan fingerprint density at radius 1 is 1.33 bits per heavy atom. The summed E-state index contributed by atoms with van der Waals surface area (Å²) >= 11 is 0. The molecule has 1 rings (SSSR count). The zero-order valence-corrected chi connectivity index (χ0v) is 12.7. The normalized spacial score (nSPS) is 13.2. The molecular weight excluding hydrogens is 222 g/mol. The second kappa shape index (κ2) is 7.57. The molecule has 0 amide bonds. The summed E-state index contributed by atoms with van der Waals surface area (Å²) in [6, 6.07) is 2.26. The van der Waals surface area contributed by atoms with Crippen LogP contribution < -0.4 is 5.32 Å². The van der Waals surface area contributed by atoms with E-state index in [2.05, 4.69) is 55.9 Å². The van der Waals surface area contributed by atoms with Gasteiger partial charge in [0.2, 0.25) is 0 Å². The van der Waals surface area contributed by atoms with Crippen molar-refractivity contribution in [1.29, 1.82) is 0 Å². The molecule has 0 saturated carbocycles. The van der Waals surface area contributed by atoms with Crippen LogP contribution in [0, 0.1) is 11.8 Å². The summed E-state index contributed by atoms with van der Waals surface area (Å²) in [4.78, 5) is 0. The summed E-state index contributed by atoms with van der Waals surface area (Å²) in [6.45, 7) is 11.1. The van der Waals surface area contributed by atoms with Crippen molar-refractivity contribution in [3.05, 3.63) is 17.5 Å². The SMILES string of the molecule is CCNCC(Cc1cc(CC)nn1C)CC(C)C. The van der Waals surface area contributed by atoms with Gasteiger partial charge in [-0.15, -0.1) is 0 Å². The molecule has 0 aromatic carbocycles. The molecule has 1 heterocycles. The first-order chi connectivity index (χ1) is 8.56. The van der Waals surface area contributed by atoms with Crippen LogP contribution in [0.3, 0.4) is 0 Å². The van der Waals surface area contributed by atoms with Crippen molar-refractivity contribution in [1.82, 2.24) is 15.1 Å². The van der Waals surface area contributed by atoms with Crippen LogP contribution in [0.25, 0.3) is 0 Å². The van der Waals surface area contributed by atoms with Gasteiger partial charge in [0.15, 0.2) is 0 Å². The first-order valence-electron chi connectivity index (χ1n) is 7.29. The monoisotopic (exact) mass is 251 g/mol. The minimum atomic E-state index is 0.713. The molecule has 1 unspecified atom stereocenters. The number of nitrogens with zero attached hydrogens (tertiary/aromatic N) is 2. The highest BCUT2D eigenvalue weighted by molar-refractivity contribution is 5.11. The molecule has 0 bridgehead atoms. The van der Waals surface area contributed by atoms with Crippen molar-refractivity contribution in [2.45, 2.75) is 47.0 Å². The topological polar surface area (TPSA) is 29.9 Å². The summed E-state index contributed by atoms with van der Waals surface area (Å²) in [5.74, 6) is 1.47. The highest BCUT2D eigenvalue weighted by atomic mass is 15.3. The van der Waals surface area contributed by atoms with Crippen molar-refractivity contribution in [2.75, 3.05) is 13.1 Å². The molecule has 0 saturated heterocycles. The first kappa shape index (κ1) is 15.2. The van der Waals surface area contributed by atoms with E-state index < -0.39 is 0 Å². The lowest BCUT2D eigenvalue weighted by Crippen LogP contribution is -2.25. The molecule has 104 valence electrons. The zero-order chi connectivity index (χ0) is 13.5. The maximum atomic E-state index is 4.54. The number of hydrogen-bond donors (Lipinski definition) is 1. The zero-order valence-electron chi connectivity index (χ0n) is 12.7. The second-order valence-electron chi connectivity index (χ2n) is 5.61. The van der Waals surface area contributed by atoms with E-state index in [-0.39, 0.29) is 0 Å². The molecule has 1 aromatic rings. The predicted molar refractivity (Wildman–Crippen MR) is 77.8 cm³/mol. The quantitative estimate of drug-likeness (QED) is 0.770. The van der Waals surface area contributed by atoms with Gasteiger partial charge in [-0.2, -0.15) is 5.10 Å². The van der Waals surface area contributed by atoms with E-state index in [1.165, 1.54) is 17.8 Å². The van der Waals surface area contributed by atoms with Gasteiger partial charge in [-0.05, 0) is 50.3 Å². The fourth-order valence-corrected chi connectivity index (χ4v) is 2.49. The standard InChI is InChI=1S/C15H29N3/c1-6-14-10-15(18(5)17-14)9-13(8-12(3)4)11-16-7-2/h10,12-13,16H,6-9,11H2,1-5H3. The lowest BCUT2D eigenvalue weighted by atomic mass is 9.92. The van der Waals surface area contributed by atoms with Crippen LogP contribution in [0.1, 0.15) is 45.5 Å². The Morgan fingerprint density at radius 3 is 2.56 bits per heavy atom. The molecule has 0 radical (unpaired) electrons. The molecule has 0 aliphatic rings. The number of hydrogen-bond acceptors (Lipinski definition) is 2. The molecule has 1 N–H and O–H groups in total. The minimum absolute atomic E-state index is 0.713. The van der Waals surface area contributed by atoms with Crippen LogP contribution in [0.5, 0.6) is 0 Å². The Morgan fingerprint density at radius 2 is 2.06 bits per heavy atom. The number of rotatable bonds is 8. The third kappa shape index (κ3) is 4.81. The fraction of sp³-hybridized carbons (Fsp3) is 0.800. The molecule has 1 atom stereocenters. The van der Waals surface area contributed by atoms with Crippen LogP contribution in [-0.4, -0.2) is 22.9 Å². The molecule has 1 aromatic heterocycles. The summed E-state index contributed by atoms with van der Waals surface area (Å²) in [5, 5.41) is 8.02. The van der Waals surface area contributed by atoms with Crippen LogP contribution in [0.15, 0.2) is 6.07 Å². The molecule has 0 aliphatic carbocycles. The van der Waals surface area contributed by atoms with Crippen LogP contribution in [0.2, 0.25) is 0 Å². The molecule has 0 aliphatic heterocycles. The van der Waals surface area contributed by atoms with Crippen molar-refractivity contribution in [2.24, 2.45) is 18.9 Å². The Hall–Kier alpha value is -0.830. The largest absolute Gasteiger partial charge is 0.317 e. The van der Waals surface area contributed by atoms with Gasteiger partial charge in [0, 0.05) is 12.7 Å². The van der Waals surface area contributed by atoms with Gasteiger partial charge in [-0.3, -0.25) is 4.68 Å². The van der Waals surface area contributed by atoms with E-state index >= 15 is 0 Å². The van der Waals surface area contributed by atoms with Gasteiger partial charge in [-0.1, -0.05) is 27.7 Å². The third-order valence-electron chi connectivity index (χ3n) is 3.38. The van der Waals surface area contributed by atoms with Gasteiger partial charge in [0.1, 0.15) is 0 Å². The summed E-state index contributed by atoms with van der Waals surface area (Å²) < 4.78 is 2.05. The Labute approximate surface area is 112 Å². The van der Waals surface area contributed by atoms with Crippen molar-refractivity contribution >= 4 is 0 Å². The first-order valence-corrected chi connectivity index (χ1v) is 7.29. The summed E-state index contributed by atoms with van der Waals surface area (Å²) in [5.41, 5.74) is 2.58. The van der Waals surface area contributed by atoms with Gasteiger partial charge in [0.25, 0.3) is 0 Å². The van der Waals surface area contributed by atoms with E-state index in [1.807, 2.05) is 0 Å². The molecule has 3 heteroatoms. The van der Waals surface area contributed by atoms with Crippen LogP contribution >= 0.6 is 0 Å². The lowest BCUT2D eigenvalue weighted by molar-refractivity contribution is 0.381. The molecule has 0 fully saturated rings. The molecule has 0 spiro atoms. The lowest BCUT2D eigenvalue weighted by Gasteiger charge is -2.19. The average Bonchev–Trinajstić information content (AvgIpc) is 2.66. The van der Waals surface area contributed by atoms with Gasteiger partial charge in [-0.25, -0.2) is 0 Å². The van der Waals surface area contributed by atoms with Crippen LogP contribution in [-0.2, 0) is 19.9 Å². The molecule has 3 nitrogen and oxygen atoms in total. The Bertz CT molecular complexity index is 342. The molecule has 18 heavy (non-hydrogen) atoms. The third-order valence-corrected chi connectivity index (χ3v) is 3.38. The van der Waals surface area contributed by atoms with Crippen molar-refractivity contribution in [3.63, 3.8) is 0 Å². The van der Waals surface area contributed by atoms with Crippen molar-refractivity contribution < 1.29 is 0 Å². The van der Waals surface area contributed by atoms with Gasteiger partial charge in [0.05, 0.1) is 5.69 Å². The Balaban J connectivity index is 2.65. The molecular formula is C15H29N3. The maximum absolute atomic E-state index is 4.54. The maximum Gasteiger partial charge on any atom is 0.0624 e. The fourth-order valence-electron chi connectivity index (χ4n) is 2.49. The highest BCUT2D eigenvalue weighted by Crippen LogP contribution is 2.17. The highest BCUT2D eigenvalue weighted by Gasteiger charge is 2.14. The van der Waals surface area contributed by atoms with E-state index in [0.717, 1.165) is 31.8 Å². The number of nitrogens with one attached hydrogen (secondary N) is 1. The second-order valence-corrected chi connectivity index (χ2v) is 5.61. The smallest absolute Gasteiger partial charge is 0.0624 e. The Kier molecular flexibility index (Phi) is 6.41. The summed E-state index contributed by atoms with van der Waals surface area (Å²) in [7, 11) is 2.06. The van der Waals surface area contributed by atoms with E-state index in [4.69, 9.17) is 0 Å². The summed E-state index contributed by atoms with van der Waals surface area (Å²) in [6.07, 6.45) is 3.43. The van der Waals surface area contributed by atoms with Gasteiger partial charge >= 0.3 is 0 Å². The minimum Gasteiger partial charge on any atom is -0.317 e. The van der Waals surface area contributed by atoms with Gasteiger partial charge < -0.3 is 5.32 Å². The van der Waals surface area contributed by atoms with E-state index in [9.17, 15) is 0 Å².